The number of ketones is 2. The molecule has 1 aliphatic rings. The minimum Gasteiger partial charge on any atom is -0.507 e. The lowest BCUT2D eigenvalue weighted by Gasteiger charge is -2.21. The van der Waals surface area contributed by atoms with E-state index in [-0.39, 0.29) is 34.6 Å². The third-order valence-electron chi connectivity index (χ3n) is 3.35. The summed E-state index contributed by atoms with van der Waals surface area (Å²) >= 11 is 0. The molecule has 1 aromatic rings. The van der Waals surface area contributed by atoms with Crippen molar-refractivity contribution >= 4 is 23.3 Å². The van der Waals surface area contributed by atoms with Gasteiger partial charge >= 0.3 is 5.97 Å². The SMILES string of the molecule is COc1cccc2c1C(=O)C(=O)C(C[C@@H](C)OC(C)=O)=C2O. The lowest BCUT2D eigenvalue weighted by atomic mass is 9.85. The van der Waals surface area contributed by atoms with Gasteiger partial charge < -0.3 is 14.6 Å². The van der Waals surface area contributed by atoms with Crippen LogP contribution >= 0.6 is 0 Å². The number of benzene rings is 1. The van der Waals surface area contributed by atoms with Crippen LogP contribution in [0.4, 0.5) is 0 Å². The maximum absolute atomic E-state index is 12.3. The summed E-state index contributed by atoms with van der Waals surface area (Å²) in [6.45, 7) is 2.83. The van der Waals surface area contributed by atoms with Gasteiger partial charge in [0.1, 0.15) is 17.6 Å². The highest BCUT2D eigenvalue weighted by Crippen LogP contribution is 2.35. The van der Waals surface area contributed by atoms with E-state index >= 15 is 0 Å². The molecule has 0 saturated heterocycles. The van der Waals surface area contributed by atoms with Gasteiger partial charge in [-0.15, -0.1) is 0 Å². The molecule has 6 heteroatoms. The molecule has 116 valence electrons. The van der Waals surface area contributed by atoms with Gasteiger partial charge in [-0.05, 0) is 13.0 Å². The molecule has 0 spiro atoms. The van der Waals surface area contributed by atoms with Crippen molar-refractivity contribution in [3.63, 3.8) is 0 Å². The molecule has 0 amide bonds. The molecule has 2 rings (SSSR count). The van der Waals surface area contributed by atoms with Crippen LogP contribution in [0.15, 0.2) is 23.8 Å². The zero-order valence-electron chi connectivity index (χ0n) is 12.5. The van der Waals surface area contributed by atoms with Gasteiger partial charge in [0.2, 0.25) is 11.6 Å². The van der Waals surface area contributed by atoms with Crippen LogP contribution in [0, 0.1) is 0 Å². The average Bonchev–Trinajstić information content (AvgIpc) is 2.47. The number of methoxy groups -OCH3 is 1. The van der Waals surface area contributed by atoms with Crippen molar-refractivity contribution in [3.05, 3.63) is 34.9 Å². The Bertz CT molecular complexity index is 686. The number of carbonyl (C=O) groups excluding carboxylic acids is 3. The molecule has 0 aliphatic heterocycles. The normalized spacial score (nSPS) is 15.4. The van der Waals surface area contributed by atoms with Gasteiger partial charge in [0.15, 0.2) is 0 Å². The Labute approximate surface area is 127 Å². The number of rotatable bonds is 4. The van der Waals surface area contributed by atoms with Crippen molar-refractivity contribution in [2.45, 2.75) is 26.4 Å². The fourth-order valence-electron chi connectivity index (χ4n) is 2.46. The summed E-state index contributed by atoms with van der Waals surface area (Å²) in [5.74, 6) is -2.10. The van der Waals surface area contributed by atoms with Gasteiger partial charge in [0.25, 0.3) is 0 Å². The minimum atomic E-state index is -0.812. The van der Waals surface area contributed by atoms with Crippen LogP contribution in [0.25, 0.3) is 5.76 Å². The standard InChI is InChI=1S/C16H16O6/c1-8(22-9(2)17)7-11-14(18)10-5-4-6-12(21-3)13(10)16(20)15(11)19/h4-6,8,18H,7H2,1-3H3/t8-/m1/s1. The molecule has 0 unspecified atom stereocenters. The molecule has 0 fully saturated rings. The predicted octanol–water partition coefficient (Wildman–Crippen LogP) is 2.07. The predicted molar refractivity (Wildman–Crippen MR) is 77.7 cm³/mol. The molecule has 0 heterocycles. The first-order chi connectivity index (χ1) is 10.4. The summed E-state index contributed by atoms with van der Waals surface area (Å²) in [6, 6.07) is 4.70. The summed E-state index contributed by atoms with van der Waals surface area (Å²) in [6.07, 6.45) is -0.661. The maximum atomic E-state index is 12.3. The fourth-order valence-corrected chi connectivity index (χ4v) is 2.46. The van der Waals surface area contributed by atoms with Crippen molar-refractivity contribution in [2.24, 2.45) is 0 Å². The topological polar surface area (TPSA) is 89.9 Å². The Balaban J connectivity index is 2.48. The second kappa shape index (κ2) is 6.01. The first-order valence-electron chi connectivity index (χ1n) is 6.72. The summed E-state index contributed by atoms with van der Waals surface area (Å²) in [5, 5.41) is 10.3. The first-order valence-corrected chi connectivity index (χ1v) is 6.72. The number of carbonyl (C=O) groups is 3. The minimum absolute atomic E-state index is 0.0351. The molecule has 0 bridgehead atoms. The van der Waals surface area contributed by atoms with E-state index in [1.165, 1.54) is 20.1 Å². The fraction of sp³-hybridized carbons (Fsp3) is 0.312. The second-order valence-corrected chi connectivity index (χ2v) is 4.99. The summed E-state index contributed by atoms with van der Waals surface area (Å²) in [4.78, 5) is 35.4. The third kappa shape index (κ3) is 2.72. The van der Waals surface area contributed by atoms with Crippen LogP contribution in [0.2, 0.25) is 0 Å². The molecule has 0 aromatic heterocycles. The van der Waals surface area contributed by atoms with Crippen LogP contribution in [-0.2, 0) is 14.3 Å². The van der Waals surface area contributed by atoms with E-state index in [1.54, 1.807) is 19.1 Å². The Morgan fingerprint density at radius 2 is 1.95 bits per heavy atom. The number of Topliss-reactive ketones (excluding diaryl/α,β-unsaturated/α-hetero) is 2. The van der Waals surface area contributed by atoms with E-state index in [2.05, 4.69) is 0 Å². The second-order valence-electron chi connectivity index (χ2n) is 4.99. The van der Waals surface area contributed by atoms with Crippen LogP contribution in [0.3, 0.4) is 0 Å². The Morgan fingerprint density at radius 3 is 2.55 bits per heavy atom. The van der Waals surface area contributed by atoms with Gasteiger partial charge in [-0.3, -0.25) is 14.4 Å². The number of aliphatic hydroxyl groups is 1. The van der Waals surface area contributed by atoms with Gasteiger partial charge in [0.05, 0.1) is 12.7 Å². The summed E-state index contributed by atoms with van der Waals surface area (Å²) in [5.41, 5.74) is 0.241. The van der Waals surface area contributed by atoms with E-state index in [0.717, 1.165) is 0 Å². The van der Waals surface area contributed by atoms with Crippen molar-refractivity contribution in [1.29, 1.82) is 0 Å². The maximum Gasteiger partial charge on any atom is 0.302 e. The highest BCUT2D eigenvalue weighted by molar-refractivity contribution is 6.52. The zero-order valence-corrected chi connectivity index (χ0v) is 12.5. The molecule has 1 N–H and O–H groups in total. The Kier molecular flexibility index (Phi) is 4.30. The largest absolute Gasteiger partial charge is 0.507 e. The average molecular weight is 304 g/mol. The molecule has 1 aliphatic carbocycles. The summed E-state index contributed by atoms with van der Waals surface area (Å²) < 4.78 is 10.0. The Hall–Kier alpha value is -2.63. The van der Waals surface area contributed by atoms with Gasteiger partial charge in [-0.1, -0.05) is 12.1 Å². The van der Waals surface area contributed by atoms with Crippen LogP contribution in [0.5, 0.6) is 5.75 Å². The highest BCUT2D eigenvalue weighted by atomic mass is 16.5. The molecule has 0 saturated carbocycles. The number of ether oxygens (including phenoxy) is 2. The van der Waals surface area contributed by atoms with E-state index in [0.29, 0.717) is 0 Å². The van der Waals surface area contributed by atoms with Gasteiger partial charge in [-0.25, -0.2) is 0 Å². The number of esters is 1. The lowest BCUT2D eigenvalue weighted by Crippen LogP contribution is -2.27. The molecule has 22 heavy (non-hydrogen) atoms. The zero-order chi connectivity index (χ0) is 16.4. The quantitative estimate of drug-likeness (QED) is 0.676. The number of hydrogen-bond acceptors (Lipinski definition) is 6. The first kappa shape index (κ1) is 15.8. The van der Waals surface area contributed by atoms with Crippen molar-refractivity contribution in [3.8, 4) is 5.75 Å². The monoisotopic (exact) mass is 304 g/mol. The van der Waals surface area contributed by atoms with Gasteiger partial charge in [-0.2, -0.15) is 0 Å². The number of aliphatic hydroxyl groups excluding tert-OH is 1. The molecule has 1 atom stereocenters. The van der Waals surface area contributed by atoms with E-state index in [9.17, 15) is 19.5 Å². The van der Waals surface area contributed by atoms with E-state index in [4.69, 9.17) is 9.47 Å². The third-order valence-corrected chi connectivity index (χ3v) is 3.35. The van der Waals surface area contributed by atoms with Crippen LogP contribution in [-0.4, -0.2) is 35.9 Å². The molecular formula is C16H16O6. The summed E-state index contributed by atoms with van der Waals surface area (Å²) in [7, 11) is 1.38. The molecular weight excluding hydrogens is 288 g/mol. The number of fused-ring (bicyclic) bond motifs is 1. The van der Waals surface area contributed by atoms with Crippen molar-refractivity contribution in [1.82, 2.24) is 0 Å². The molecule has 0 radical (unpaired) electrons. The number of hydrogen-bond donors (Lipinski definition) is 1. The van der Waals surface area contributed by atoms with E-state index in [1.807, 2.05) is 0 Å². The molecule has 6 nitrogen and oxygen atoms in total. The van der Waals surface area contributed by atoms with E-state index < -0.39 is 23.6 Å². The van der Waals surface area contributed by atoms with Gasteiger partial charge in [0, 0.05) is 24.5 Å². The van der Waals surface area contributed by atoms with Crippen molar-refractivity contribution < 1.29 is 29.0 Å². The smallest absolute Gasteiger partial charge is 0.302 e. The lowest BCUT2D eigenvalue weighted by molar-refractivity contribution is -0.145. The molecule has 1 aromatic carbocycles. The van der Waals surface area contributed by atoms with Crippen molar-refractivity contribution in [2.75, 3.05) is 7.11 Å². The Morgan fingerprint density at radius 1 is 1.27 bits per heavy atom. The van der Waals surface area contributed by atoms with Crippen LogP contribution < -0.4 is 4.74 Å². The van der Waals surface area contributed by atoms with Crippen LogP contribution in [0.1, 0.15) is 36.2 Å². The highest BCUT2D eigenvalue weighted by Gasteiger charge is 2.35.